The number of halogens is 3. The van der Waals surface area contributed by atoms with Gasteiger partial charge in [-0.2, -0.15) is 18.3 Å². The number of hydrogen-bond donors (Lipinski definition) is 3. The second kappa shape index (κ2) is 6.41. The van der Waals surface area contributed by atoms with Gasteiger partial charge in [0.25, 0.3) is 5.91 Å². The van der Waals surface area contributed by atoms with Gasteiger partial charge >= 0.3 is 6.18 Å². The molecule has 1 atom stereocenters. The van der Waals surface area contributed by atoms with Gasteiger partial charge < -0.3 is 15.4 Å². The van der Waals surface area contributed by atoms with E-state index in [-0.39, 0.29) is 22.7 Å². The second-order valence-corrected chi connectivity index (χ2v) is 7.87. The SMILES string of the molecule is COC1NC(=O)c2c(sc3c(-c4c(C(F)(F)F)c(C)cc5[nH]ncc45)nccc23)N1. The van der Waals surface area contributed by atoms with Crippen molar-refractivity contribution in [1.29, 1.82) is 0 Å². The van der Waals surface area contributed by atoms with Gasteiger partial charge in [-0.15, -0.1) is 11.3 Å². The summed E-state index contributed by atoms with van der Waals surface area (Å²) < 4.78 is 47.8. The highest BCUT2D eigenvalue weighted by molar-refractivity contribution is 7.24. The number of carbonyl (C=O) groups is 1. The van der Waals surface area contributed by atoms with Crippen LogP contribution in [0.4, 0.5) is 18.2 Å². The lowest BCUT2D eigenvalue weighted by molar-refractivity contribution is -0.137. The molecule has 0 saturated heterocycles. The number of ether oxygens (including phenoxy) is 1. The molecule has 3 N–H and O–H groups in total. The second-order valence-electron chi connectivity index (χ2n) is 6.85. The van der Waals surface area contributed by atoms with E-state index >= 15 is 0 Å². The molecule has 1 aromatic carbocycles. The van der Waals surface area contributed by atoms with E-state index in [0.29, 0.717) is 31.6 Å². The van der Waals surface area contributed by atoms with Gasteiger partial charge in [0, 0.05) is 29.6 Å². The van der Waals surface area contributed by atoms with Crippen LogP contribution in [0.25, 0.3) is 32.2 Å². The molecule has 1 unspecified atom stereocenters. The van der Waals surface area contributed by atoms with Gasteiger partial charge in [-0.25, -0.2) is 0 Å². The largest absolute Gasteiger partial charge is 0.417 e. The summed E-state index contributed by atoms with van der Waals surface area (Å²) in [7, 11) is 1.43. The standard InChI is InChI=1S/C19H14F3N5O2S/c1-7-5-10-9(6-24-27-10)11(13(7)19(20,21)22)14-15-8(3-4-23-14)12-16(28)25-18(29-2)26-17(12)30-15/h3-6,18,26H,1-2H3,(H,24,27)(H,25,28). The maximum Gasteiger partial charge on any atom is 0.417 e. The van der Waals surface area contributed by atoms with Crippen molar-refractivity contribution >= 4 is 43.2 Å². The molecule has 5 rings (SSSR count). The van der Waals surface area contributed by atoms with Crippen LogP contribution >= 0.6 is 11.3 Å². The third kappa shape index (κ3) is 2.66. The van der Waals surface area contributed by atoms with Gasteiger partial charge in [0.15, 0.2) is 0 Å². The average molecular weight is 433 g/mol. The Morgan fingerprint density at radius 3 is 2.73 bits per heavy atom. The van der Waals surface area contributed by atoms with E-state index in [1.54, 1.807) is 6.07 Å². The van der Waals surface area contributed by atoms with Crippen molar-refractivity contribution in [3.8, 4) is 11.3 Å². The normalized spacial score (nSPS) is 16.6. The molecular weight excluding hydrogens is 419 g/mol. The van der Waals surface area contributed by atoms with E-state index in [4.69, 9.17) is 4.74 Å². The fraction of sp³-hybridized carbons (Fsp3) is 0.211. The molecular formula is C19H14F3N5O2S. The van der Waals surface area contributed by atoms with Crippen LogP contribution in [0.5, 0.6) is 0 Å². The quantitative estimate of drug-likeness (QED) is 0.440. The summed E-state index contributed by atoms with van der Waals surface area (Å²) in [4.78, 5) is 16.9. The van der Waals surface area contributed by atoms with Gasteiger partial charge in [-0.1, -0.05) is 0 Å². The number of benzene rings is 1. The number of aromatic nitrogens is 3. The molecule has 0 aliphatic carbocycles. The minimum atomic E-state index is -4.59. The highest BCUT2D eigenvalue weighted by Gasteiger charge is 2.38. The molecule has 11 heteroatoms. The average Bonchev–Trinajstić information content (AvgIpc) is 3.29. The van der Waals surface area contributed by atoms with E-state index in [9.17, 15) is 18.0 Å². The number of pyridine rings is 1. The number of anilines is 1. The third-order valence-electron chi connectivity index (χ3n) is 5.06. The highest BCUT2D eigenvalue weighted by Crippen LogP contribution is 2.47. The van der Waals surface area contributed by atoms with Gasteiger partial charge in [-0.05, 0) is 24.6 Å². The predicted octanol–water partition coefficient (Wildman–Crippen LogP) is 4.25. The molecule has 4 aromatic rings. The minimum absolute atomic E-state index is 0.0563. The number of hydrogen-bond acceptors (Lipinski definition) is 6. The lowest BCUT2D eigenvalue weighted by Crippen LogP contribution is -2.45. The Morgan fingerprint density at radius 1 is 1.20 bits per heavy atom. The molecule has 0 fully saturated rings. The van der Waals surface area contributed by atoms with Gasteiger partial charge in [0.1, 0.15) is 5.00 Å². The van der Waals surface area contributed by atoms with E-state index in [0.717, 1.165) is 0 Å². The molecule has 1 aliphatic rings. The number of methoxy groups -OCH3 is 1. The third-order valence-corrected chi connectivity index (χ3v) is 6.20. The van der Waals surface area contributed by atoms with Gasteiger partial charge in [0.05, 0.1) is 33.2 Å². The monoisotopic (exact) mass is 433 g/mol. The van der Waals surface area contributed by atoms with Crippen molar-refractivity contribution in [3.63, 3.8) is 0 Å². The van der Waals surface area contributed by atoms with Gasteiger partial charge in [-0.3, -0.25) is 14.9 Å². The van der Waals surface area contributed by atoms with Crippen LogP contribution in [0.3, 0.4) is 0 Å². The topological polar surface area (TPSA) is 91.9 Å². The van der Waals surface area contributed by atoms with Crippen LogP contribution in [-0.4, -0.2) is 34.6 Å². The minimum Gasteiger partial charge on any atom is -0.344 e. The van der Waals surface area contributed by atoms with E-state index in [1.807, 2.05) is 0 Å². The van der Waals surface area contributed by atoms with E-state index in [1.165, 1.54) is 43.8 Å². The number of H-pyrrole nitrogens is 1. The zero-order chi connectivity index (χ0) is 21.2. The molecule has 0 radical (unpaired) electrons. The lowest BCUT2D eigenvalue weighted by atomic mass is 9.94. The van der Waals surface area contributed by atoms with E-state index in [2.05, 4.69) is 25.8 Å². The van der Waals surface area contributed by atoms with Crippen molar-refractivity contribution in [1.82, 2.24) is 20.5 Å². The number of nitrogens with one attached hydrogen (secondary N) is 3. The number of alkyl halides is 3. The van der Waals surface area contributed by atoms with Crippen molar-refractivity contribution in [2.75, 3.05) is 12.4 Å². The zero-order valence-electron chi connectivity index (χ0n) is 15.6. The van der Waals surface area contributed by atoms with Crippen LogP contribution in [0.1, 0.15) is 21.5 Å². The Labute approximate surface area is 171 Å². The molecule has 0 bridgehead atoms. The number of rotatable bonds is 2. The number of carbonyl (C=O) groups excluding carboxylic acids is 1. The molecule has 0 spiro atoms. The zero-order valence-corrected chi connectivity index (χ0v) is 16.5. The van der Waals surface area contributed by atoms with Crippen molar-refractivity contribution in [2.45, 2.75) is 19.5 Å². The Bertz CT molecular complexity index is 1330. The molecule has 1 aliphatic heterocycles. The van der Waals surface area contributed by atoms with Crippen LogP contribution in [0, 0.1) is 6.92 Å². The summed E-state index contributed by atoms with van der Waals surface area (Å²) in [5.74, 6) is -0.368. The predicted molar refractivity (Wildman–Crippen MR) is 106 cm³/mol. The number of fused-ring (bicyclic) bond motifs is 4. The maximum absolute atomic E-state index is 14.1. The van der Waals surface area contributed by atoms with Gasteiger partial charge in [0.2, 0.25) is 6.35 Å². The van der Waals surface area contributed by atoms with Crippen LogP contribution in [0.2, 0.25) is 0 Å². The fourth-order valence-electron chi connectivity index (χ4n) is 3.83. The van der Waals surface area contributed by atoms with Crippen LogP contribution < -0.4 is 10.6 Å². The number of amides is 1. The summed E-state index contributed by atoms with van der Waals surface area (Å²) in [6, 6.07) is 3.05. The van der Waals surface area contributed by atoms with Crippen LogP contribution in [0.15, 0.2) is 24.5 Å². The number of nitrogens with zero attached hydrogens (tertiary/aromatic N) is 2. The number of thiophene rings is 1. The summed E-state index contributed by atoms with van der Waals surface area (Å²) >= 11 is 1.17. The summed E-state index contributed by atoms with van der Waals surface area (Å²) in [5, 5.41) is 13.7. The Hall–Kier alpha value is -3.18. The Balaban J connectivity index is 1.87. The molecule has 1 amide bonds. The van der Waals surface area contributed by atoms with Crippen LogP contribution in [-0.2, 0) is 10.9 Å². The smallest absolute Gasteiger partial charge is 0.344 e. The first-order valence-corrected chi connectivity index (χ1v) is 9.67. The lowest BCUT2D eigenvalue weighted by Gasteiger charge is -2.23. The molecule has 7 nitrogen and oxygen atoms in total. The molecule has 4 heterocycles. The Morgan fingerprint density at radius 2 is 2.00 bits per heavy atom. The van der Waals surface area contributed by atoms with Crippen molar-refractivity contribution in [2.24, 2.45) is 0 Å². The fourth-order valence-corrected chi connectivity index (χ4v) is 5.04. The first-order valence-electron chi connectivity index (χ1n) is 8.85. The molecule has 0 saturated carbocycles. The molecule has 30 heavy (non-hydrogen) atoms. The first kappa shape index (κ1) is 18.8. The number of aryl methyl sites for hydroxylation is 1. The van der Waals surface area contributed by atoms with Crippen molar-refractivity contribution in [3.05, 3.63) is 41.2 Å². The molecule has 154 valence electrons. The summed E-state index contributed by atoms with van der Waals surface area (Å²) in [6.07, 6.45) is -2.55. The first-order chi connectivity index (χ1) is 14.3. The molecule has 3 aromatic heterocycles. The highest BCUT2D eigenvalue weighted by atomic mass is 32.1. The Kier molecular flexibility index (Phi) is 4.02. The maximum atomic E-state index is 14.1. The summed E-state index contributed by atoms with van der Waals surface area (Å²) in [6.45, 7) is 1.41. The van der Waals surface area contributed by atoms with E-state index < -0.39 is 18.1 Å². The number of aromatic amines is 1. The summed E-state index contributed by atoms with van der Waals surface area (Å²) in [5.41, 5.74) is 0.221. The van der Waals surface area contributed by atoms with Crippen molar-refractivity contribution < 1.29 is 22.7 Å².